The lowest BCUT2D eigenvalue weighted by Gasteiger charge is -2.19. The van der Waals surface area contributed by atoms with Gasteiger partial charge in [-0.3, -0.25) is 0 Å². The summed E-state index contributed by atoms with van der Waals surface area (Å²) in [4.78, 5) is 7.06. The standard InChI is InChI=1S/C14H18BrN3S/c1-9(10-5-6-18(2)8-10)16-14-17-12-4-3-11(15)7-13(12)19-14/h3-4,7,9-10H,5-6,8H2,1-2H3,(H,16,17). The molecule has 3 nitrogen and oxygen atoms in total. The monoisotopic (exact) mass is 339 g/mol. The van der Waals surface area contributed by atoms with Crippen LogP contribution in [0.2, 0.25) is 0 Å². The fourth-order valence-electron chi connectivity index (χ4n) is 2.65. The second-order valence-electron chi connectivity index (χ2n) is 5.38. The average Bonchev–Trinajstić information content (AvgIpc) is 2.94. The highest BCUT2D eigenvalue weighted by Gasteiger charge is 2.25. The van der Waals surface area contributed by atoms with Crippen LogP contribution in [-0.2, 0) is 0 Å². The molecule has 1 aromatic carbocycles. The molecule has 2 aromatic rings. The summed E-state index contributed by atoms with van der Waals surface area (Å²) >= 11 is 5.24. The summed E-state index contributed by atoms with van der Waals surface area (Å²) in [5, 5.41) is 4.62. The van der Waals surface area contributed by atoms with E-state index in [9.17, 15) is 0 Å². The second kappa shape index (κ2) is 5.38. The average molecular weight is 340 g/mol. The Bertz CT molecular complexity index is 583. The SMILES string of the molecule is CC(Nc1nc2ccc(Br)cc2s1)C1CCN(C)C1. The van der Waals surface area contributed by atoms with E-state index in [4.69, 9.17) is 0 Å². The summed E-state index contributed by atoms with van der Waals surface area (Å²) in [5.74, 6) is 0.726. The Morgan fingerprint density at radius 3 is 3.11 bits per heavy atom. The molecule has 0 saturated carbocycles. The summed E-state index contributed by atoms with van der Waals surface area (Å²) in [7, 11) is 2.20. The number of fused-ring (bicyclic) bond motifs is 1. The number of nitrogens with one attached hydrogen (secondary N) is 1. The van der Waals surface area contributed by atoms with E-state index >= 15 is 0 Å². The minimum absolute atomic E-state index is 0.481. The fraction of sp³-hybridized carbons (Fsp3) is 0.500. The van der Waals surface area contributed by atoms with E-state index in [1.165, 1.54) is 24.2 Å². The number of nitrogens with zero attached hydrogens (tertiary/aromatic N) is 2. The smallest absolute Gasteiger partial charge is 0.184 e. The topological polar surface area (TPSA) is 28.2 Å². The first-order chi connectivity index (χ1) is 9.11. The number of hydrogen-bond donors (Lipinski definition) is 1. The van der Waals surface area contributed by atoms with E-state index in [0.29, 0.717) is 6.04 Å². The predicted octanol–water partition coefficient (Wildman–Crippen LogP) is 3.81. The van der Waals surface area contributed by atoms with Gasteiger partial charge in [-0.1, -0.05) is 27.3 Å². The molecular formula is C14H18BrN3S. The van der Waals surface area contributed by atoms with Gasteiger partial charge >= 0.3 is 0 Å². The molecule has 0 spiro atoms. The second-order valence-corrected chi connectivity index (χ2v) is 7.32. The zero-order chi connectivity index (χ0) is 13.4. The van der Waals surface area contributed by atoms with Crippen molar-refractivity contribution in [3.05, 3.63) is 22.7 Å². The van der Waals surface area contributed by atoms with Gasteiger partial charge in [-0.2, -0.15) is 0 Å². The zero-order valence-electron chi connectivity index (χ0n) is 11.2. The molecule has 1 aliphatic heterocycles. The molecule has 1 fully saturated rings. The summed E-state index contributed by atoms with van der Waals surface area (Å²) in [6.45, 7) is 4.67. The van der Waals surface area contributed by atoms with Crippen molar-refractivity contribution in [3.63, 3.8) is 0 Å². The summed E-state index contributed by atoms with van der Waals surface area (Å²) in [5.41, 5.74) is 1.08. The van der Waals surface area contributed by atoms with Crippen molar-refractivity contribution in [3.8, 4) is 0 Å². The molecule has 0 aliphatic carbocycles. The normalized spacial score (nSPS) is 21.9. The van der Waals surface area contributed by atoms with E-state index in [1.807, 2.05) is 6.07 Å². The quantitative estimate of drug-likeness (QED) is 0.921. The van der Waals surface area contributed by atoms with Crippen LogP contribution in [-0.4, -0.2) is 36.1 Å². The van der Waals surface area contributed by atoms with Gasteiger partial charge in [0.1, 0.15) is 0 Å². The number of aromatic nitrogens is 1. The largest absolute Gasteiger partial charge is 0.359 e. The number of thiazole rings is 1. The molecule has 1 aliphatic rings. The maximum absolute atomic E-state index is 4.66. The van der Waals surface area contributed by atoms with Crippen LogP contribution in [0.25, 0.3) is 10.2 Å². The molecule has 19 heavy (non-hydrogen) atoms. The zero-order valence-corrected chi connectivity index (χ0v) is 13.6. The molecule has 0 radical (unpaired) electrons. The molecule has 102 valence electrons. The molecule has 1 saturated heterocycles. The molecule has 2 heterocycles. The molecule has 2 atom stereocenters. The van der Waals surface area contributed by atoms with Crippen molar-refractivity contribution in [2.75, 3.05) is 25.5 Å². The van der Waals surface area contributed by atoms with Gasteiger partial charge in [-0.15, -0.1) is 0 Å². The molecule has 1 N–H and O–H groups in total. The van der Waals surface area contributed by atoms with Crippen LogP contribution in [0, 0.1) is 5.92 Å². The van der Waals surface area contributed by atoms with Gasteiger partial charge in [-0.05, 0) is 51.1 Å². The molecule has 0 bridgehead atoms. The van der Waals surface area contributed by atoms with Crippen molar-refractivity contribution in [2.45, 2.75) is 19.4 Å². The third-order valence-electron chi connectivity index (χ3n) is 3.84. The minimum Gasteiger partial charge on any atom is -0.359 e. The van der Waals surface area contributed by atoms with Crippen molar-refractivity contribution in [1.82, 2.24) is 9.88 Å². The van der Waals surface area contributed by atoms with Crippen LogP contribution in [0.4, 0.5) is 5.13 Å². The number of anilines is 1. The summed E-state index contributed by atoms with van der Waals surface area (Å²) < 4.78 is 2.34. The maximum Gasteiger partial charge on any atom is 0.184 e. The first-order valence-corrected chi connectivity index (χ1v) is 8.24. The third kappa shape index (κ3) is 2.93. The highest BCUT2D eigenvalue weighted by molar-refractivity contribution is 9.10. The van der Waals surface area contributed by atoms with Gasteiger partial charge in [0, 0.05) is 17.1 Å². The molecule has 5 heteroatoms. The Labute approximate surface area is 126 Å². The van der Waals surface area contributed by atoms with Gasteiger partial charge in [0.05, 0.1) is 10.2 Å². The lowest BCUT2D eigenvalue weighted by molar-refractivity contribution is 0.383. The van der Waals surface area contributed by atoms with Crippen LogP contribution < -0.4 is 5.32 Å². The number of halogens is 1. The van der Waals surface area contributed by atoms with E-state index in [0.717, 1.165) is 21.0 Å². The number of likely N-dealkylation sites (tertiary alicyclic amines) is 1. The molecule has 0 amide bonds. The summed E-state index contributed by atoms with van der Waals surface area (Å²) in [6, 6.07) is 6.72. The van der Waals surface area contributed by atoms with Gasteiger partial charge in [0.15, 0.2) is 5.13 Å². The van der Waals surface area contributed by atoms with Crippen molar-refractivity contribution >= 4 is 42.6 Å². The maximum atomic E-state index is 4.66. The van der Waals surface area contributed by atoms with Gasteiger partial charge in [0.25, 0.3) is 0 Å². The minimum atomic E-state index is 0.481. The number of rotatable bonds is 3. The Balaban J connectivity index is 1.74. The molecule has 3 rings (SSSR count). The lowest BCUT2D eigenvalue weighted by atomic mass is 10.0. The highest BCUT2D eigenvalue weighted by atomic mass is 79.9. The van der Waals surface area contributed by atoms with Crippen LogP contribution in [0.15, 0.2) is 22.7 Å². The van der Waals surface area contributed by atoms with Crippen LogP contribution in [0.5, 0.6) is 0 Å². The van der Waals surface area contributed by atoms with E-state index in [2.05, 4.69) is 57.2 Å². The fourth-order valence-corrected chi connectivity index (χ4v) is 4.16. The van der Waals surface area contributed by atoms with Crippen LogP contribution in [0.3, 0.4) is 0 Å². The van der Waals surface area contributed by atoms with Gasteiger partial charge < -0.3 is 10.2 Å². The van der Waals surface area contributed by atoms with Crippen molar-refractivity contribution in [2.24, 2.45) is 5.92 Å². The lowest BCUT2D eigenvalue weighted by Crippen LogP contribution is -2.28. The van der Waals surface area contributed by atoms with E-state index in [-0.39, 0.29) is 0 Å². The molecular weight excluding hydrogens is 322 g/mol. The van der Waals surface area contributed by atoms with Crippen LogP contribution >= 0.6 is 27.3 Å². The van der Waals surface area contributed by atoms with Gasteiger partial charge in [-0.25, -0.2) is 4.98 Å². The number of benzene rings is 1. The molecule has 1 aromatic heterocycles. The predicted molar refractivity (Wildman–Crippen MR) is 86.0 cm³/mol. The van der Waals surface area contributed by atoms with Crippen LogP contribution in [0.1, 0.15) is 13.3 Å². The van der Waals surface area contributed by atoms with E-state index < -0.39 is 0 Å². The van der Waals surface area contributed by atoms with E-state index in [1.54, 1.807) is 11.3 Å². The number of hydrogen-bond acceptors (Lipinski definition) is 4. The Hall–Kier alpha value is -0.650. The van der Waals surface area contributed by atoms with Crippen molar-refractivity contribution < 1.29 is 0 Å². The first-order valence-electron chi connectivity index (χ1n) is 6.63. The summed E-state index contributed by atoms with van der Waals surface area (Å²) in [6.07, 6.45) is 1.28. The molecule has 2 unspecified atom stereocenters. The van der Waals surface area contributed by atoms with Gasteiger partial charge in [0.2, 0.25) is 0 Å². The Morgan fingerprint density at radius 1 is 1.53 bits per heavy atom. The highest BCUT2D eigenvalue weighted by Crippen LogP contribution is 2.30. The Kier molecular flexibility index (Phi) is 3.78. The third-order valence-corrected chi connectivity index (χ3v) is 5.28. The first kappa shape index (κ1) is 13.3. The Morgan fingerprint density at radius 2 is 2.37 bits per heavy atom. The van der Waals surface area contributed by atoms with Crippen molar-refractivity contribution in [1.29, 1.82) is 0 Å².